The summed E-state index contributed by atoms with van der Waals surface area (Å²) in [6, 6.07) is 6.10. The molecule has 2 aromatic rings. The van der Waals surface area contributed by atoms with Crippen LogP contribution in [-0.2, 0) is 6.54 Å². The summed E-state index contributed by atoms with van der Waals surface area (Å²) in [5.41, 5.74) is 1.84. The van der Waals surface area contributed by atoms with Crippen LogP contribution in [0.1, 0.15) is 24.2 Å². The smallest absolute Gasteiger partial charge is 0.123 e. The number of hydrogen-bond acceptors (Lipinski definition) is 3. The fourth-order valence-electron chi connectivity index (χ4n) is 2.03. The van der Waals surface area contributed by atoms with Crippen LogP contribution in [-0.4, -0.2) is 27.5 Å². The Morgan fingerprint density at radius 1 is 1.35 bits per heavy atom. The molecule has 2 atom stereocenters. The zero-order valence-corrected chi connectivity index (χ0v) is 11.8. The Bertz CT molecular complexity index is 538. The Labute approximate surface area is 118 Å². The van der Waals surface area contributed by atoms with Gasteiger partial charge in [0.05, 0.1) is 18.8 Å². The molecule has 0 amide bonds. The number of aliphatic hydroxyl groups is 1. The first-order chi connectivity index (χ1) is 9.54. The quantitative estimate of drug-likeness (QED) is 0.849. The van der Waals surface area contributed by atoms with E-state index in [1.54, 1.807) is 12.1 Å². The van der Waals surface area contributed by atoms with Gasteiger partial charge < -0.3 is 10.4 Å². The van der Waals surface area contributed by atoms with E-state index in [0.29, 0.717) is 12.1 Å². The Hall–Kier alpha value is -1.72. The number of benzene rings is 1. The molecular formula is C15H20FN3O. The second-order valence-electron chi connectivity index (χ2n) is 5.12. The highest BCUT2D eigenvalue weighted by Crippen LogP contribution is 2.12. The Balaban J connectivity index is 1.80. The lowest BCUT2D eigenvalue weighted by atomic mass is 10.1. The van der Waals surface area contributed by atoms with Crippen LogP contribution < -0.4 is 5.32 Å². The number of halogens is 1. The fraction of sp³-hybridized carbons (Fsp3) is 0.400. The van der Waals surface area contributed by atoms with Gasteiger partial charge in [-0.25, -0.2) is 4.39 Å². The first-order valence-electron chi connectivity index (χ1n) is 6.70. The number of nitrogens with one attached hydrogen (secondary N) is 1. The van der Waals surface area contributed by atoms with E-state index in [4.69, 9.17) is 0 Å². The summed E-state index contributed by atoms with van der Waals surface area (Å²) in [6.45, 7) is 5.20. The molecule has 0 saturated carbocycles. The highest BCUT2D eigenvalue weighted by atomic mass is 19.1. The van der Waals surface area contributed by atoms with Gasteiger partial charge >= 0.3 is 0 Å². The summed E-state index contributed by atoms with van der Waals surface area (Å²) in [6.07, 6.45) is 3.16. The van der Waals surface area contributed by atoms with Crippen molar-refractivity contribution in [1.82, 2.24) is 15.1 Å². The van der Waals surface area contributed by atoms with E-state index in [1.165, 1.54) is 12.1 Å². The van der Waals surface area contributed by atoms with Crippen LogP contribution >= 0.6 is 0 Å². The molecule has 1 aromatic carbocycles. The minimum atomic E-state index is -0.641. The Morgan fingerprint density at radius 2 is 2.05 bits per heavy atom. The third-order valence-electron chi connectivity index (χ3n) is 3.14. The normalized spacial score (nSPS) is 14.2. The van der Waals surface area contributed by atoms with Crippen molar-refractivity contribution in [3.8, 4) is 0 Å². The standard InChI is InChI=1S/C15H20FN3O/c1-11-7-18-19(9-11)10-12(2)17-8-15(20)13-3-5-14(16)6-4-13/h3-7,9,12,15,17,20H,8,10H2,1-2H3. The molecule has 2 rings (SSSR count). The van der Waals surface area contributed by atoms with Gasteiger partial charge in [0.15, 0.2) is 0 Å². The van der Waals surface area contributed by atoms with Gasteiger partial charge in [-0.3, -0.25) is 4.68 Å². The molecule has 5 heteroatoms. The predicted molar refractivity (Wildman–Crippen MR) is 75.8 cm³/mol. The van der Waals surface area contributed by atoms with Gasteiger partial charge in [0.25, 0.3) is 0 Å². The molecule has 1 aromatic heterocycles. The second kappa shape index (κ2) is 6.63. The molecule has 2 unspecified atom stereocenters. The number of rotatable bonds is 6. The largest absolute Gasteiger partial charge is 0.387 e. The zero-order chi connectivity index (χ0) is 14.5. The molecular weight excluding hydrogens is 257 g/mol. The summed E-state index contributed by atoms with van der Waals surface area (Å²) in [5, 5.41) is 17.5. The topological polar surface area (TPSA) is 50.1 Å². The van der Waals surface area contributed by atoms with Gasteiger partial charge in [0, 0.05) is 18.8 Å². The van der Waals surface area contributed by atoms with Gasteiger partial charge in [0.2, 0.25) is 0 Å². The monoisotopic (exact) mass is 277 g/mol. The molecule has 0 aliphatic heterocycles. The van der Waals surface area contributed by atoms with Crippen molar-refractivity contribution in [3.05, 3.63) is 53.6 Å². The molecule has 2 N–H and O–H groups in total. The molecule has 4 nitrogen and oxygen atoms in total. The van der Waals surface area contributed by atoms with Crippen LogP contribution in [0.15, 0.2) is 36.7 Å². The third kappa shape index (κ3) is 4.15. The van der Waals surface area contributed by atoms with Crippen molar-refractivity contribution in [3.63, 3.8) is 0 Å². The van der Waals surface area contributed by atoms with E-state index in [1.807, 2.05) is 30.9 Å². The predicted octanol–water partition coefficient (Wildman–Crippen LogP) is 2.04. The van der Waals surface area contributed by atoms with Gasteiger partial charge in [0.1, 0.15) is 5.82 Å². The average Bonchev–Trinajstić information content (AvgIpc) is 2.82. The summed E-state index contributed by atoms with van der Waals surface area (Å²) in [5.74, 6) is -0.295. The molecule has 0 fully saturated rings. The van der Waals surface area contributed by atoms with E-state index < -0.39 is 6.10 Å². The Kier molecular flexibility index (Phi) is 4.87. The lowest BCUT2D eigenvalue weighted by Crippen LogP contribution is -2.33. The number of hydrogen-bond donors (Lipinski definition) is 2. The van der Waals surface area contributed by atoms with Gasteiger partial charge in [-0.2, -0.15) is 5.10 Å². The van der Waals surface area contributed by atoms with E-state index >= 15 is 0 Å². The van der Waals surface area contributed by atoms with Gasteiger partial charge in [-0.05, 0) is 37.1 Å². The van der Waals surface area contributed by atoms with Crippen molar-refractivity contribution >= 4 is 0 Å². The minimum Gasteiger partial charge on any atom is -0.387 e. The zero-order valence-electron chi connectivity index (χ0n) is 11.8. The van der Waals surface area contributed by atoms with E-state index in [0.717, 1.165) is 12.1 Å². The van der Waals surface area contributed by atoms with Gasteiger partial charge in [-0.1, -0.05) is 12.1 Å². The van der Waals surface area contributed by atoms with E-state index in [-0.39, 0.29) is 11.9 Å². The summed E-state index contributed by atoms with van der Waals surface area (Å²) in [4.78, 5) is 0. The molecule has 0 bridgehead atoms. The Morgan fingerprint density at radius 3 is 2.65 bits per heavy atom. The van der Waals surface area contributed by atoms with Crippen molar-refractivity contribution in [2.75, 3.05) is 6.54 Å². The lowest BCUT2D eigenvalue weighted by Gasteiger charge is -2.17. The maximum Gasteiger partial charge on any atom is 0.123 e. The van der Waals surface area contributed by atoms with Crippen molar-refractivity contribution in [2.45, 2.75) is 32.5 Å². The number of aromatic nitrogens is 2. The number of aliphatic hydroxyl groups excluding tert-OH is 1. The molecule has 0 saturated heterocycles. The molecule has 0 aliphatic rings. The fourth-order valence-corrected chi connectivity index (χ4v) is 2.03. The van der Waals surface area contributed by atoms with Crippen LogP contribution in [0.5, 0.6) is 0 Å². The van der Waals surface area contributed by atoms with Crippen molar-refractivity contribution in [1.29, 1.82) is 0 Å². The van der Waals surface area contributed by atoms with Crippen LogP contribution in [0.4, 0.5) is 4.39 Å². The summed E-state index contributed by atoms with van der Waals surface area (Å²) >= 11 is 0. The first kappa shape index (κ1) is 14.7. The third-order valence-corrected chi connectivity index (χ3v) is 3.14. The van der Waals surface area contributed by atoms with Crippen molar-refractivity contribution < 1.29 is 9.50 Å². The summed E-state index contributed by atoms with van der Waals surface area (Å²) in [7, 11) is 0. The lowest BCUT2D eigenvalue weighted by molar-refractivity contribution is 0.169. The van der Waals surface area contributed by atoms with Crippen molar-refractivity contribution in [2.24, 2.45) is 0 Å². The van der Waals surface area contributed by atoms with Crippen LogP contribution in [0.2, 0.25) is 0 Å². The first-order valence-corrected chi connectivity index (χ1v) is 6.70. The van der Waals surface area contributed by atoms with Crippen LogP contribution in [0.25, 0.3) is 0 Å². The minimum absolute atomic E-state index is 0.185. The molecule has 1 heterocycles. The molecule has 20 heavy (non-hydrogen) atoms. The highest BCUT2D eigenvalue weighted by Gasteiger charge is 2.10. The maximum absolute atomic E-state index is 12.8. The van der Waals surface area contributed by atoms with Crippen LogP contribution in [0, 0.1) is 12.7 Å². The van der Waals surface area contributed by atoms with Gasteiger partial charge in [-0.15, -0.1) is 0 Å². The second-order valence-corrected chi connectivity index (χ2v) is 5.12. The molecule has 0 spiro atoms. The van der Waals surface area contributed by atoms with E-state index in [2.05, 4.69) is 10.4 Å². The highest BCUT2D eigenvalue weighted by molar-refractivity contribution is 5.18. The molecule has 108 valence electrons. The van der Waals surface area contributed by atoms with Crippen LogP contribution in [0.3, 0.4) is 0 Å². The maximum atomic E-state index is 12.8. The SMILES string of the molecule is Cc1cnn(CC(C)NCC(O)c2ccc(F)cc2)c1. The molecule has 0 radical (unpaired) electrons. The average molecular weight is 277 g/mol. The number of nitrogens with zero attached hydrogens (tertiary/aromatic N) is 2. The molecule has 0 aliphatic carbocycles. The summed E-state index contributed by atoms with van der Waals surface area (Å²) < 4.78 is 14.7. The van der Waals surface area contributed by atoms with E-state index in [9.17, 15) is 9.50 Å². The number of aryl methyl sites for hydroxylation is 1.